The minimum absolute atomic E-state index is 0.213. The predicted octanol–water partition coefficient (Wildman–Crippen LogP) is 3.50. The Morgan fingerprint density at radius 1 is 1.33 bits per heavy atom. The van der Waals surface area contributed by atoms with Crippen molar-refractivity contribution >= 4 is 62.3 Å². The summed E-state index contributed by atoms with van der Waals surface area (Å²) in [6.07, 6.45) is 1.26. The van der Waals surface area contributed by atoms with Crippen molar-refractivity contribution in [3.8, 4) is 0 Å². The maximum atomic E-state index is 12.7. The molecule has 2 heterocycles. The van der Waals surface area contributed by atoms with Crippen LogP contribution < -0.4 is 10.9 Å². The molecule has 0 spiro atoms. The van der Waals surface area contributed by atoms with E-state index in [0.29, 0.717) is 26.0 Å². The average Bonchev–Trinajstić information content (AvgIpc) is 2.98. The first kappa shape index (κ1) is 19.3. The summed E-state index contributed by atoms with van der Waals surface area (Å²) in [5.41, 5.74) is 0.402. The fourth-order valence-corrected chi connectivity index (χ4v) is 3.91. The smallest absolute Gasteiger partial charge is 0.348 e. The van der Waals surface area contributed by atoms with Gasteiger partial charge < -0.3 is 10.1 Å². The number of hydrogen-bond acceptors (Lipinski definition) is 6. The molecular weight excluding hydrogens is 413 g/mol. The zero-order chi connectivity index (χ0) is 19.7. The quantitative estimate of drug-likeness (QED) is 0.645. The van der Waals surface area contributed by atoms with E-state index in [1.54, 1.807) is 25.1 Å². The number of nitrogens with zero attached hydrogens (tertiary/aromatic N) is 2. The lowest BCUT2D eigenvalue weighted by Crippen LogP contribution is -2.28. The van der Waals surface area contributed by atoms with Crippen molar-refractivity contribution in [2.45, 2.75) is 13.5 Å². The van der Waals surface area contributed by atoms with E-state index >= 15 is 0 Å². The number of fused-ring (bicyclic) bond motifs is 1. The van der Waals surface area contributed by atoms with Crippen LogP contribution in [-0.4, -0.2) is 28.5 Å². The molecule has 2 aromatic heterocycles. The molecule has 1 aromatic carbocycles. The van der Waals surface area contributed by atoms with E-state index in [2.05, 4.69) is 10.3 Å². The Balaban J connectivity index is 1.91. The van der Waals surface area contributed by atoms with Crippen LogP contribution in [0.4, 0.5) is 5.69 Å². The Labute approximate surface area is 167 Å². The zero-order valence-electron chi connectivity index (χ0n) is 14.2. The van der Waals surface area contributed by atoms with Gasteiger partial charge in [-0.2, -0.15) is 0 Å². The number of anilines is 1. The Hall–Kier alpha value is -2.42. The molecule has 10 heteroatoms. The average molecular weight is 426 g/mol. The van der Waals surface area contributed by atoms with Gasteiger partial charge in [0.25, 0.3) is 5.56 Å². The number of aryl methyl sites for hydroxylation is 1. The van der Waals surface area contributed by atoms with Gasteiger partial charge in [0.2, 0.25) is 5.91 Å². The molecular formula is C17H13Cl2N3O4S. The predicted molar refractivity (Wildman–Crippen MR) is 105 cm³/mol. The lowest BCUT2D eigenvalue weighted by molar-refractivity contribution is -0.116. The number of thiophene rings is 1. The van der Waals surface area contributed by atoms with Gasteiger partial charge in [0, 0.05) is 0 Å². The fraction of sp³-hybridized carbons (Fsp3) is 0.176. The first-order valence-electron chi connectivity index (χ1n) is 7.64. The number of methoxy groups -OCH3 is 1. The number of aromatic nitrogens is 2. The second-order valence-electron chi connectivity index (χ2n) is 5.56. The molecule has 0 saturated heterocycles. The van der Waals surface area contributed by atoms with Crippen LogP contribution in [0.2, 0.25) is 10.0 Å². The number of hydrogen-bond donors (Lipinski definition) is 1. The van der Waals surface area contributed by atoms with Crippen LogP contribution in [-0.2, 0) is 16.1 Å². The van der Waals surface area contributed by atoms with Crippen LogP contribution >= 0.6 is 34.5 Å². The second kappa shape index (κ2) is 7.67. The minimum Gasteiger partial charge on any atom is -0.465 e. The number of amides is 1. The molecule has 1 N–H and O–H groups in total. The van der Waals surface area contributed by atoms with Crippen LogP contribution in [0.5, 0.6) is 0 Å². The summed E-state index contributed by atoms with van der Waals surface area (Å²) in [5.74, 6) is -1.00. The number of halogens is 2. The normalized spacial score (nSPS) is 10.8. The number of nitrogens with one attached hydrogen (secondary N) is 1. The van der Waals surface area contributed by atoms with Gasteiger partial charge in [-0.25, -0.2) is 9.78 Å². The van der Waals surface area contributed by atoms with Crippen LogP contribution in [0, 0.1) is 6.92 Å². The minimum atomic E-state index is -0.533. The van der Waals surface area contributed by atoms with Gasteiger partial charge in [-0.1, -0.05) is 29.3 Å². The molecule has 27 heavy (non-hydrogen) atoms. The van der Waals surface area contributed by atoms with Crippen molar-refractivity contribution < 1.29 is 14.3 Å². The van der Waals surface area contributed by atoms with Crippen LogP contribution in [0.25, 0.3) is 10.2 Å². The van der Waals surface area contributed by atoms with E-state index in [-0.39, 0.29) is 17.0 Å². The Bertz CT molecular complexity index is 1120. The first-order valence-corrected chi connectivity index (χ1v) is 9.21. The Kier molecular flexibility index (Phi) is 5.50. The van der Waals surface area contributed by atoms with Crippen molar-refractivity contribution in [3.05, 3.63) is 55.4 Å². The highest BCUT2D eigenvalue weighted by Crippen LogP contribution is 2.29. The van der Waals surface area contributed by atoms with Crippen molar-refractivity contribution in [2.75, 3.05) is 12.4 Å². The van der Waals surface area contributed by atoms with Crippen LogP contribution in [0.1, 0.15) is 15.2 Å². The molecule has 0 fully saturated rings. The highest BCUT2D eigenvalue weighted by Gasteiger charge is 2.20. The monoisotopic (exact) mass is 425 g/mol. The molecule has 0 saturated carbocycles. The summed E-state index contributed by atoms with van der Waals surface area (Å²) in [5, 5.41) is 3.41. The number of carbonyl (C=O) groups excluding carboxylic acids is 2. The van der Waals surface area contributed by atoms with Gasteiger partial charge in [0.15, 0.2) is 0 Å². The number of esters is 1. The first-order chi connectivity index (χ1) is 12.8. The van der Waals surface area contributed by atoms with E-state index < -0.39 is 17.4 Å². The molecule has 0 radical (unpaired) electrons. The van der Waals surface area contributed by atoms with E-state index in [1.807, 2.05) is 0 Å². The van der Waals surface area contributed by atoms with E-state index in [9.17, 15) is 14.4 Å². The lowest BCUT2D eigenvalue weighted by Gasteiger charge is -2.09. The Morgan fingerprint density at radius 2 is 2.07 bits per heavy atom. The maximum Gasteiger partial charge on any atom is 0.348 e. The molecule has 1 amide bonds. The molecule has 0 unspecified atom stereocenters. The van der Waals surface area contributed by atoms with Gasteiger partial charge in [0.1, 0.15) is 16.3 Å². The molecule has 0 atom stereocenters. The van der Waals surface area contributed by atoms with E-state index in [4.69, 9.17) is 27.9 Å². The number of ether oxygens (including phenoxy) is 1. The van der Waals surface area contributed by atoms with Gasteiger partial charge >= 0.3 is 5.97 Å². The zero-order valence-corrected chi connectivity index (χ0v) is 16.5. The third-order valence-corrected chi connectivity index (χ3v) is 5.83. The SMILES string of the molecule is COC(=O)c1sc2ncn(CC(=O)Nc3cccc(Cl)c3Cl)c(=O)c2c1C. The topological polar surface area (TPSA) is 90.3 Å². The summed E-state index contributed by atoms with van der Waals surface area (Å²) in [6, 6.07) is 4.84. The molecule has 3 aromatic rings. The maximum absolute atomic E-state index is 12.7. The molecule has 0 aliphatic carbocycles. The summed E-state index contributed by atoms with van der Waals surface area (Å²) >= 11 is 13.0. The van der Waals surface area contributed by atoms with Gasteiger partial charge in [-0.15, -0.1) is 11.3 Å². The molecule has 0 aliphatic rings. The van der Waals surface area contributed by atoms with Gasteiger partial charge in [0.05, 0.1) is 34.6 Å². The van der Waals surface area contributed by atoms with Crippen molar-refractivity contribution in [1.29, 1.82) is 0 Å². The molecule has 0 aliphatic heterocycles. The molecule has 3 rings (SSSR count). The summed E-state index contributed by atoms with van der Waals surface area (Å²) in [6.45, 7) is 1.37. The van der Waals surface area contributed by atoms with Crippen LogP contribution in [0.15, 0.2) is 29.3 Å². The standard InChI is InChI=1S/C17H13Cl2N3O4S/c1-8-12-15(27-14(8)17(25)26-2)20-7-22(16(12)24)6-11(23)21-10-5-3-4-9(18)13(10)19/h3-5,7H,6H2,1-2H3,(H,21,23). The van der Waals surface area contributed by atoms with Crippen molar-refractivity contribution in [1.82, 2.24) is 9.55 Å². The molecule has 140 valence electrons. The second-order valence-corrected chi connectivity index (χ2v) is 7.34. The Morgan fingerprint density at radius 3 is 2.78 bits per heavy atom. The summed E-state index contributed by atoms with van der Waals surface area (Å²) < 4.78 is 5.88. The van der Waals surface area contributed by atoms with Gasteiger partial charge in [-0.05, 0) is 24.6 Å². The fourth-order valence-electron chi connectivity index (χ4n) is 2.50. The third kappa shape index (κ3) is 3.69. The molecule has 0 bridgehead atoms. The highest BCUT2D eigenvalue weighted by molar-refractivity contribution is 7.20. The number of carbonyl (C=O) groups is 2. The van der Waals surface area contributed by atoms with Gasteiger partial charge in [-0.3, -0.25) is 14.2 Å². The largest absolute Gasteiger partial charge is 0.465 e. The number of rotatable bonds is 4. The highest BCUT2D eigenvalue weighted by atomic mass is 35.5. The van der Waals surface area contributed by atoms with Crippen LogP contribution in [0.3, 0.4) is 0 Å². The lowest BCUT2D eigenvalue weighted by atomic mass is 10.2. The number of benzene rings is 1. The summed E-state index contributed by atoms with van der Waals surface area (Å²) in [7, 11) is 1.27. The van der Waals surface area contributed by atoms with E-state index in [0.717, 1.165) is 15.9 Å². The third-order valence-electron chi connectivity index (χ3n) is 3.83. The summed E-state index contributed by atoms with van der Waals surface area (Å²) in [4.78, 5) is 41.7. The van der Waals surface area contributed by atoms with Crippen molar-refractivity contribution in [3.63, 3.8) is 0 Å². The van der Waals surface area contributed by atoms with Crippen molar-refractivity contribution in [2.24, 2.45) is 0 Å². The van der Waals surface area contributed by atoms with E-state index in [1.165, 1.54) is 13.4 Å². The molecule has 7 nitrogen and oxygen atoms in total.